The number of nitrogens with two attached hydrogens (primary N) is 1. The number of benzene rings is 1. The number of hydrogen-bond donors (Lipinski definition) is 1. The molecule has 0 spiro atoms. The van der Waals surface area contributed by atoms with Gasteiger partial charge in [-0.05, 0) is 82.1 Å². The summed E-state index contributed by atoms with van der Waals surface area (Å²) in [4.78, 5) is 0. The first-order chi connectivity index (χ1) is 9.74. The van der Waals surface area contributed by atoms with Crippen molar-refractivity contribution in [2.75, 3.05) is 5.73 Å². The Morgan fingerprint density at radius 2 is 1.90 bits per heavy atom. The maximum atomic E-state index is 5.97. The van der Waals surface area contributed by atoms with Gasteiger partial charge in [-0.3, -0.25) is 0 Å². The number of tetrazole rings is 1. The fraction of sp³-hybridized carbons (Fsp3) is 0.500. The zero-order valence-electron chi connectivity index (χ0n) is 11.0. The molecule has 4 rings (SSSR count). The summed E-state index contributed by atoms with van der Waals surface area (Å²) in [6.45, 7) is 0. The third-order valence-corrected chi connectivity index (χ3v) is 4.96. The molecule has 1 heterocycles. The largest absolute Gasteiger partial charge is 0.398 e. The zero-order valence-corrected chi connectivity index (χ0v) is 12.6. The Bertz CT molecular complexity index is 633. The van der Waals surface area contributed by atoms with E-state index in [1.165, 1.54) is 25.7 Å². The highest BCUT2D eigenvalue weighted by Crippen LogP contribution is 2.52. The van der Waals surface area contributed by atoms with Gasteiger partial charge in [-0.25, -0.2) is 4.68 Å². The van der Waals surface area contributed by atoms with Crippen LogP contribution in [0, 0.1) is 11.8 Å². The lowest BCUT2D eigenvalue weighted by molar-refractivity contribution is 0.357. The molecule has 0 radical (unpaired) electrons. The molecule has 1 aromatic heterocycles. The van der Waals surface area contributed by atoms with Crippen LogP contribution in [-0.4, -0.2) is 20.2 Å². The summed E-state index contributed by atoms with van der Waals surface area (Å²) in [7, 11) is 0. The van der Waals surface area contributed by atoms with E-state index >= 15 is 0 Å². The second kappa shape index (κ2) is 4.55. The molecule has 20 heavy (non-hydrogen) atoms. The number of nitrogen functional groups attached to an aromatic ring is 1. The minimum absolute atomic E-state index is 0.477. The van der Waals surface area contributed by atoms with E-state index in [0.29, 0.717) is 11.7 Å². The van der Waals surface area contributed by atoms with Crippen LogP contribution in [-0.2, 0) is 0 Å². The number of hydrogen-bond acceptors (Lipinski definition) is 4. The highest BCUT2D eigenvalue weighted by atomic mass is 79.9. The van der Waals surface area contributed by atoms with E-state index in [1.54, 1.807) is 0 Å². The molecule has 2 N–H and O–H groups in total. The Kier molecular flexibility index (Phi) is 2.80. The van der Waals surface area contributed by atoms with Crippen molar-refractivity contribution in [2.24, 2.45) is 11.8 Å². The molecule has 0 unspecified atom stereocenters. The average Bonchev–Trinajstić information content (AvgIpc) is 3.34. The van der Waals surface area contributed by atoms with Crippen molar-refractivity contribution >= 4 is 21.6 Å². The van der Waals surface area contributed by atoms with Gasteiger partial charge in [-0.15, -0.1) is 5.10 Å². The standard InChI is InChI=1S/C14H16BrN5/c15-11-6-5-10(7-12(11)16)14-17-18-19-20(14)13(8-1-2-8)9-3-4-9/h5-9,13H,1-4,16H2. The third-order valence-electron chi connectivity index (χ3n) is 4.24. The summed E-state index contributed by atoms with van der Waals surface area (Å²) in [6, 6.07) is 6.38. The zero-order chi connectivity index (χ0) is 13.7. The first-order valence-corrected chi connectivity index (χ1v) is 7.86. The van der Waals surface area contributed by atoms with E-state index in [1.807, 2.05) is 22.9 Å². The summed E-state index contributed by atoms with van der Waals surface area (Å²) < 4.78 is 2.94. The minimum Gasteiger partial charge on any atom is -0.398 e. The van der Waals surface area contributed by atoms with Crippen LogP contribution in [0.15, 0.2) is 22.7 Å². The van der Waals surface area contributed by atoms with Gasteiger partial charge >= 0.3 is 0 Å². The molecule has 2 aliphatic carbocycles. The molecule has 0 amide bonds. The van der Waals surface area contributed by atoms with E-state index in [0.717, 1.165) is 27.7 Å². The van der Waals surface area contributed by atoms with Crippen molar-refractivity contribution in [1.29, 1.82) is 0 Å². The van der Waals surface area contributed by atoms with Gasteiger partial charge in [-0.1, -0.05) is 0 Å². The molecule has 0 aliphatic heterocycles. The predicted molar refractivity (Wildman–Crippen MR) is 79.9 cm³/mol. The highest BCUT2D eigenvalue weighted by Gasteiger charge is 2.44. The van der Waals surface area contributed by atoms with Crippen LogP contribution >= 0.6 is 15.9 Å². The van der Waals surface area contributed by atoms with Crippen LogP contribution in [0.5, 0.6) is 0 Å². The van der Waals surface area contributed by atoms with Crippen LogP contribution in [0.1, 0.15) is 31.7 Å². The maximum absolute atomic E-state index is 5.97. The lowest BCUT2D eigenvalue weighted by Crippen LogP contribution is -2.16. The van der Waals surface area contributed by atoms with Crippen molar-refractivity contribution in [3.63, 3.8) is 0 Å². The van der Waals surface area contributed by atoms with Crippen molar-refractivity contribution < 1.29 is 0 Å². The number of halogens is 1. The van der Waals surface area contributed by atoms with Gasteiger partial charge in [0.05, 0.1) is 6.04 Å². The molecule has 1 aromatic carbocycles. The van der Waals surface area contributed by atoms with Crippen molar-refractivity contribution in [1.82, 2.24) is 20.2 Å². The molecule has 0 bridgehead atoms. The molecular formula is C14H16BrN5. The summed E-state index contributed by atoms with van der Waals surface area (Å²) in [6.07, 6.45) is 5.23. The fourth-order valence-corrected chi connectivity index (χ4v) is 3.17. The van der Waals surface area contributed by atoms with Crippen molar-refractivity contribution in [2.45, 2.75) is 31.7 Å². The second-order valence-corrected chi connectivity index (χ2v) is 6.70. The maximum Gasteiger partial charge on any atom is 0.182 e. The summed E-state index contributed by atoms with van der Waals surface area (Å²) in [5.41, 5.74) is 7.67. The van der Waals surface area contributed by atoms with Crippen LogP contribution in [0.25, 0.3) is 11.4 Å². The Morgan fingerprint density at radius 1 is 1.20 bits per heavy atom. The lowest BCUT2D eigenvalue weighted by Gasteiger charge is -2.17. The Labute approximate surface area is 125 Å². The highest BCUT2D eigenvalue weighted by molar-refractivity contribution is 9.10. The Balaban J connectivity index is 1.75. The molecule has 5 nitrogen and oxygen atoms in total. The molecule has 104 valence electrons. The van der Waals surface area contributed by atoms with Crippen LogP contribution in [0.2, 0.25) is 0 Å². The number of rotatable bonds is 4. The Morgan fingerprint density at radius 3 is 2.50 bits per heavy atom. The van der Waals surface area contributed by atoms with Crippen LogP contribution in [0.3, 0.4) is 0 Å². The quantitative estimate of drug-likeness (QED) is 0.873. The molecule has 2 fully saturated rings. The van der Waals surface area contributed by atoms with Crippen molar-refractivity contribution in [3.05, 3.63) is 22.7 Å². The van der Waals surface area contributed by atoms with Gasteiger partial charge in [0.2, 0.25) is 0 Å². The molecule has 0 saturated heterocycles. The van der Waals surface area contributed by atoms with Crippen molar-refractivity contribution in [3.8, 4) is 11.4 Å². The number of nitrogens with zero attached hydrogens (tertiary/aromatic N) is 4. The third kappa shape index (κ3) is 2.12. The molecule has 0 atom stereocenters. The van der Waals surface area contributed by atoms with Crippen LogP contribution < -0.4 is 5.73 Å². The smallest absolute Gasteiger partial charge is 0.182 e. The summed E-state index contributed by atoms with van der Waals surface area (Å²) >= 11 is 3.42. The first-order valence-electron chi connectivity index (χ1n) is 7.07. The molecule has 6 heteroatoms. The van der Waals surface area contributed by atoms with Gasteiger partial charge in [-0.2, -0.15) is 0 Å². The number of anilines is 1. The van der Waals surface area contributed by atoms with E-state index in [-0.39, 0.29) is 0 Å². The SMILES string of the molecule is Nc1cc(-c2nnnn2C(C2CC2)C2CC2)ccc1Br. The number of aromatic nitrogens is 4. The average molecular weight is 334 g/mol. The van der Waals surface area contributed by atoms with E-state index < -0.39 is 0 Å². The predicted octanol–water partition coefficient (Wildman–Crippen LogP) is 3.05. The monoisotopic (exact) mass is 333 g/mol. The van der Waals surface area contributed by atoms with E-state index in [9.17, 15) is 0 Å². The normalized spacial score (nSPS) is 18.7. The topological polar surface area (TPSA) is 69.6 Å². The second-order valence-electron chi connectivity index (χ2n) is 5.85. The molecule has 2 aliphatic rings. The summed E-state index contributed by atoms with van der Waals surface area (Å²) in [5.74, 6) is 2.36. The first kappa shape index (κ1) is 12.3. The summed E-state index contributed by atoms with van der Waals surface area (Å²) in [5, 5.41) is 12.4. The molecular weight excluding hydrogens is 318 g/mol. The van der Waals surface area contributed by atoms with Gasteiger partial charge < -0.3 is 5.73 Å². The van der Waals surface area contributed by atoms with Gasteiger partial charge in [0.1, 0.15) is 0 Å². The molecule has 2 saturated carbocycles. The molecule has 2 aromatic rings. The van der Waals surface area contributed by atoms with Gasteiger partial charge in [0, 0.05) is 15.7 Å². The van der Waals surface area contributed by atoms with Crippen LogP contribution in [0.4, 0.5) is 5.69 Å². The lowest BCUT2D eigenvalue weighted by atomic mass is 10.1. The van der Waals surface area contributed by atoms with E-state index in [4.69, 9.17) is 5.73 Å². The minimum atomic E-state index is 0.477. The Hall–Kier alpha value is -1.43. The fourth-order valence-electron chi connectivity index (χ4n) is 2.93. The van der Waals surface area contributed by atoms with Gasteiger partial charge in [0.25, 0.3) is 0 Å². The van der Waals surface area contributed by atoms with E-state index in [2.05, 4.69) is 31.5 Å². The van der Waals surface area contributed by atoms with Gasteiger partial charge in [0.15, 0.2) is 5.82 Å².